The number of carboxylic acids is 1. The monoisotopic (exact) mass is 896 g/mol. The minimum atomic E-state index is -1.95. The number of carbonyl (C=O) groups excluding carboxylic acids is 1. The van der Waals surface area contributed by atoms with E-state index in [2.05, 4.69) is 26.8 Å². The highest BCUT2D eigenvalue weighted by atomic mass is 16.7. The molecule has 0 amide bonds. The van der Waals surface area contributed by atoms with Crippen molar-refractivity contribution in [1.82, 2.24) is 0 Å². The van der Waals surface area contributed by atoms with Crippen LogP contribution in [0.1, 0.15) is 100 Å². The van der Waals surface area contributed by atoms with Gasteiger partial charge >= 0.3 is 11.9 Å². The normalized spacial score (nSPS) is 51.8. The average molecular weight is 897 g/mol. The number of rotatable bonds is 10. The van der Waals surface area contributed by atoms with Gasteiger partial charge < -0.3 is 74.7 Å². The van der Waals surface area contributed by atoms with Crippen LogP contribution in [-0.2, 0) is 33.3 Å². The Bertz CT molecular complexity index is 1800. The lowest BCUT2D eigenvalue weighted by Crippen LogP contribution is -2.72. The Morgan fingerprint density at radius 3 is 2.08 bits per heavy atom. The summed E-state index contributed by atoms with van der Waals surface area (Å²) in [6, 6.07) is 0. The van der Waals surface area contributed by atoms with Crippen LogP contribution in [0.3, 0.4) is 0 Å². The SMILES string of the molecule is CC=C(C)C(=O)OC1C(O)C2(CO)C(O)CC3(C)C(=CCC4C5(C)CCC(OC6OC(C(=O)O)C(O)C(OC7OC(CO)C(O)C7O)C6O)C(C)(CO)C5CCC43C)C2CC1(C)C. The van der Waals surface area contributed by atoms with Crippen LogP contribution in [0.15, 0.2) is 23.3 Å². The maximum atomic E-state index is 13.1. The number of aliphatic carboxylic acids is 1. The third-order valence-corrected chi connectivity index (χ3v) is 18.3. The van der Waals surface area contributed by atoms with Crippen LogP contribution in [0.2, 0.25) is 0 Å². The largest absolute Gasteiger partial charge is 0.479 e. The molecule has 2 saturated heterocycles. The van der Waals surface area contributed by atoms with Gasteiger partial charge in [-0.25, -0.2) is 9.59 Å². The zero-order valence-electron chi connectivity index (χ0n) is 37.8. The number of hydrogen-bond acceptors (Lipinski definition) is 16. The molecule has 0 spiro atoms. The third-order valence-electron chi connectivity index (χ3n) is 18.3. The van der Waals surface area contributed by atoms with Crippen molar-refractivity contribution in [2.45, 2.75) is 180 Å². The van der Waals surface area contributed by atoms with Gasteiger partial charge in [0.2, 0.25) is 0 Å². The molecule has 7 rings (SSSR count). The molecule has 21 unspecified atom stereocenters. The molecule has 2 heterocycles. The molecule has 7 aliphatic rings. The zero-order valence-corrected chi connectivity index (χ0v) is 37.8. The maximum Gasteiger partial charge on any atom is 0.335 e. The summed E-state index contributed by atoms with van der Waals surface area (Å²) in [4.78, 5) is 25.4. The topological polar surface area (TPSA) is 283 Å². The second kappa shape index (κ2) is 16.9. The minimum absolute atomic E-state index is 0.0500. The fraction of sp³-hybridized carbons (Fsp3) is 0.870. The van der Waals surface area contributed by atoms with Gasteiger partial charge in [0, 0.05) is 16.4 Å². The molecule has 5 aliphatic carbocycles. The van der Waals surface area contributed by atoms with Crippen molar-refractivity contribution >= 4 is 11.9 Å². The molecule has 0 bridgehead atoms. The molecule has 10 N–H and O–H groups in total. The summed E-state index contributed by atoms with van der Waals surface area (Å²) in [6.07, 6.45) is -11.8. The first-order chi connectivity index (χ1) is 29.4. The second-order valence-electron chi connectivity index (χ2n) is 21.7. The fourth-order valence-electron chi connectivity index (χ4n) is 14.3. The van der Waals surface area contributed by atoms with Crippen LogP contribution in [0, 0.1) is 50.2 Å². The third kappa shape index (κ3) is 7.12. The van der Waals surface area contributed by atoms with E-state index in [1.54, 1.807) is 19.9 Å². The average Bonchev–Trinajstić information content (AvgIpc) is 3.50. The highest BCUT2D eigenvalue weighted by Gasteiger charge is 2.73. The summed E-state index contributed by atoms with van der Waals surface area (Å²) in [6.45, 7) is 14.5. The van der Waals surface area contributed by atoms with E-state index in [0.29, 0.717) is 44.1 Å². The summed E-state index contributed by atoms with van der Waals surface area (Å²) in [7, 11) is 0. The Balaban J connectivity index is 1.16. The number of aliphatic hydroxyl groups excluding tert-OH is 9. The van der Waals surface area contributed by atoms with E-state index in [0.717, 1.165) is 5.57 Å². The standard InChI is InChI=1S/C46H72O17/c1-9-21(2)38(58)63-36-35(55)46(20-49)23(16-41(36,3)4)22-10-11-26-42(5)14-13-28(43(6,19-48)25(42)12-15-44(26,7)45(22,8)17-27(46)50)60-40-32(54)33(31(53)34(62-40)37(56)57)61-39-30(52)29(51)24(18-47)59-39/h9-10,23-36,39-40,47-55H,11-20H2,1-8H3,(H,56,57). The number of esters is 1. The summed E-state index contributed by atoms with van der Waals surface area (Å²) < 4.78 is 29.3. The summed E-state index contributed by atoms with van der Waals surface area (Å²) in [5.41, 5.74) is -2.88. The molecular formula is C46H72O17. The number of aliphatic hydroxyl groups is 9. The van der Waals surface area contributed by atoms with Gasteiger partial charge in [0.1, 0.15) is 48.8 Å². The van der Waals surface area contributed by atoms with Crippen molar-refractivity contribution in [3.63, 3.8) is 0 Å². The molecule has 17 heteroatoms. The van der Waals surface area contributed by atoms with E-state index in [4.69, 9.17) is 23.7 Å². The zero-order chi connectivity index (χ0) is 46.6. The summed E-state index contributed by atoms with van der Waals surface area (Å²) in [5.74, 6) is -2.63. The van der Waals surface area contributed by atoms with Crippen LogP contribution >= 0.6 is 0 Å². The molecule has 0 radical (unpaired) electrons. The van der Waals surface area contributed by atoms with Gasteiger partial charge in [-0.1, -0.05) is 59.3 Å². The number of allylic oxidation sites excluding steroid dienone is 3. The van der Waals surface area contributed by atoms with Crippen LogP contribution in [0.4, 0.5) is 0 Å². The Morgan fingerprint density at radius 2 is 1.49 bits per heavy atom. The Morgan fingerprint density at radius 1 is 0.825 bits per heavy atom. The Labute approximate surface area is 369 Å². The van der Waals surface area contributed by atoms with Crippen LogP contribution in [0.5, 0.6) is 0 Å². The molecule has 17 nitrogen and oxygen atoms in total. The van der Waals surface area contributed by atoms with Crippen molar-refractivity contribution < 1.29 is 84.3 Å². The van der Waals surface area contributed by atoms with E-state index in [9.17, 15) is 60.7 Å². The van der Waals surface area contributed by atoms with Crippen LogP contribution in [-0.4, -0.2) is 163 Å². The molecule has 0 aromatic rings. The van der Waals surface area contributed by atoms with Crippen LogP contribution in [0.25, 0.3) is 0 Å². The molecule has 0 aromatic heterocycles. The predicted molar refractivity (Wildman–Crippen MR) is 221 cm³/mol. The van der Waals surface area contributed by atoms with E-state index in [-0.39, 0.29) is 30.3 Å². The number of ether oxygens (including phenoxy) is 5. The lowest BCUT2D eigenvalue weighted by Gasteiger charge is -2.72. The van der Waals surface area contributed by atoms with Gasteiger partial charge in [-0.15, -0.1) is 0 Å². The van der Waals surface area contributed by atoms with E-state index in [1.165, 1.54) is 0 Å². The van der Waals surface area contributed by atoms with Gasteiger partial charge in [0.25, 0.3) is 0 Å². The molecule has 21 atom stereocenters. The molecular weight excluding hydrogens is 824 g/mol. The van der Waals surface area contributed by atoms with Crippen molar-refractivity contribution in [2.24, 2.45) is 50.2 Å². The summed E-state index contributed by atoms with van der Waals surface area (Å²) in [5, 5.41) is 110. The molecule has 2 aliphatic heterocycles. The first-order valence-corrected chi connectivity index (χ1v) is 22.7. The molecule has 6 fully saturated rings. The Hall–Kier alpha value is -2.10. The quantitative estimate of drug-likeness (QED) is 0.0632. The lowest BCUT2D eigenvalue weighted by molar-refractivity contribution is -0.346. The van der Waals surface area contributed by atoms with Crippen molar-refractivity contribution in [1.29, 1.82) is 0 Å². The first-order valence-electron chi connectivity index (χ1n) is 22.7. The number of carboxylic acid groups (broad SMARTS) is 1. The van der Waals surface area contributed by atoms with Crippen LogP contribution < -0.4 is 0 Å². The minimum Gasteiger partial charge on any atom is -0.479 e. The lowest BCUT2D eigenvalue weighted by atomic mass is 9.33. The van der Waals surface area contributed by atoms with Gasteiger partial charge in [-0.05, 0) is 92.8 Å². The van der Waals surface area contributed by atoms with Crippen molar-refractivity contribution in [3.05, 3.63) is 23.3 Å². The molecule has 63 heavy (non-hydrogen) atoms. The number of hydrogen-bond donors (Lipinski definition) is 10. The first kappa shape index (κ1) is 48.8. The van der Waals surface area contributed by atoms with E-state index >= 15 is 0 Å². The van der Waals surface area contributed by atoms with Gasteiger partial charge in [-0.2, -0.15) is 0 Å². The number of fused-ring (bicyclic) bond motifs is 7. The summed E-state index contributed by atoms with van der Waals surface area (Å²) >= 11 is 0. The molecule has 4 saturated carbocycles. The highest BCUT2D eigenvalue weighted by molar-refractivity contribution is 5.87. The maximum absolute atomic E-state index is 13.1. The van der Waals surface area contributed by atoms with Gasteiger partial charge in [-0.3, -0.25) is 0 Å². The molecule has 358 valence electrons. The van der Waals surface area contributed by atoms with Crippen molar-refractivity contribution in [2.75, 3.05) is 19.8 Å². The van der Waals surface area contributed by atoms with E-state index < -0.39 is 138 Å². The van der Waals surface area contributed by atoms with E-state index in [1.807, 2.05) is 20.8 Å². The van der Waals surface area contributed by atoms with Gasteiger partial charge in [0.15, 0.2) is 18.7 Å². The number of carbonyl (C=O) groups is 2. The predicted octanol–water partition coefficient (Wildman–Crippen LogP) is 0.923. The second-order valence-corrected chi connectivity index (χ2v) is 21.7. The Kier molecular flexibility index (Phi) is 13.1. The smallest absolute Gasteiger partial charge is 0.335 e. The highest BCUT2D eigenvalue weighted by Crippen LogP contribution is 2.76. The van der Waals surface area contributed by atoms with Crippen molar-refractivity contribution in [3.8, 4) is 0 Å². The fourth-order valence-corrected chi connectivity index (χ4v) is 14.3. The van der Waals surface area contributed by atoms with Gasteiger partial charge in [0.05, 0.1) is 37.4 Å². The molecule has 0 aromatic carbocycles.